The highest BCUT2D eigenvalue weighted by Crippen LogP contribution is 2.22. The van der Waals surface area contributed by atoms with E-state index >= 15 is 0 Å². The summed E-state index contributed by atoms with van der Waals surface area (Å²) in [4.78, 5) is 36.4. The molecule has 1 fully saturated rings. The summed E-state index contributed by atoms with van der Waals surface area (Å²) >= 11 is 0. The lowest BCUT2D eigenvalue weighted by Gasteiger charge is -2.26. The van der Waals surface area contributed by atoms with Crippen LogP contribution < -0.4 is 5.32 Å². The van der Waals surface area contributed by atoms with Gasteiger partial charge >= 0.3 is 11.9 Å². The Hall–Kier alpha value is -3.35. The molecule has 2 aromatic rings. The second-order valence-corrected chi connectivity index (χ2v) is 8.83. The van der Waals surface area contributed by atoms with E-state index in [1.807, 2.05) is 0 Å². The topological polar surface area (TPSA) is 128 Å². The summed E-state index contributed by atoms with van der Waals surface area (Å²) in [6.45, 7) is 0.732. The van der Waals surface area contributed by atoms with Crippen LogP contribution in [0, 0.1) is 5.82 Å². The number of morpholine rings is 1. The number of hydrogen-bond donors (Lipinski definition) is 1. The quantitative estimate of drug-likeness (QED) is 0.619. The summed E-state index contributed by atoms with van der Waals surface area (Å²) in [6.07, 6.45) is 0. The van der Waals surface area contributed by atoms with Crippen molar-refractivity contribution in [2.75, 3.05) is 45.8 Å². The number of esters is 2. The zero-order chi connectivity index (χ0) is 24.2. The molecule has 1 N–H and O–H groups in total. The fourth-order valence-electron chi connectivity index (χ4n) is 3.14. The highest BCUT2D eigenvalue weighted by atomic mass is 32.2. The third kappa shape index (κ3) is 5.35. The zero-order valence-corrected chi connectivity index (χ0v) is 18.6. The zero-order valence-electron chi connectivity index (χ0n) is 17.8. The second kappa shape index (κ2) is 10.1. The van der Waals surface area contributed by atoms with Gasteiger partial charge in [0.2, 0.25) is 10.0 Å². The highest BCUT2D eigenvalue weighted by molar-refractivity contribution is 7.89. The minimum absolute atomic E-state index is 0.0239. The molecule has 1 aliphatic heterocycles. The number of methoxy groups -OCH3 is 2. The summed E-state index contributed by atoms with van der Waals surface area (Å²) < 4.78 is 55.8. The average Bonchev–Trinajstić information content (AvgIpc) is 2.83. The van der Waals surface area contributed by atoms with Gasteiger partial charge in [0.05, 0.1) is 49.0 Å². The molecule has 0 aliphatic carbocycles. The van der Waals surface area contributed by atoms with Gasteiger partial charge in [-0.1, -0.05) is 0 Å². The van der Waals surface area contributed by atoms with E-state index in [0.29, 0.717) is 0 Å². The van der Waals surface area contributed by atoms with Crippen LogP contribution in [0.15, 0.2) is 41.3 Å². The van der Waals surface area contributed by atoms with Crippen LogP contribution in [0.4, 0.5) is 10.1 Å². The van der Waals surface area contributed by atoms with Crippen molar-refractivity contribution in [3.05, 3.63) is 58.9 Å². The first kappa shape index (κ1) is 24.3. The fourth-order valence-corrected chi connectivity index (χ4v) is 4.58. The molecule has 0 radical (unpaired) electrons. The van der Waals surface area contributed by atoms with Crippen LogP contribution in [-0.4, -0.2) is 71.1 Å². The minimum atomic E-state index is -3.97. The Morgan fingerprint density at radius 3 is 2.09 bits per heavy atom. The van der Waals surface area contributed by atoms with Crippen molar-refractivity contribution < 1.29 is 41.4 Å². The fraction of sp³-hybridized carbons (Fsp3) is 0.286. The number of nitrogens with zero attached hydrogens (tertiary/aromatic N) is 1. The first-order valence-electron chi connectivity index (χ1n) is 9.68. The van der Waals surface area contributed by atoms with Gasteiger partial charge in [-0.2, -0.15) is 4.31 Å². The van der Waals surface area contributed by atoms with E-state index in [4.69, 9.17) is 4.74 Å². The predicted octanol–water partition coefficient (Wildman–Crippen LogP) is 1.67. The van der Waals surface area contributed by atoms with Crippen molar-refractivity contribution in [2.24, 2.45) is 0 Å². The number of sulfonamides is 1. The molecule has 176 valence electrons. The van der Waals surface area contributed by atoms with Crippen molar-refractivity contribution in [2.45, 2.75) is 4.90 Å². The lowest BCUT2D eigenvalue weighted by molar-refractivity contribution is 0.0598. The van der Waals surface area contributed by atoms with E-state index in [0.717, 1.165) is 32.4 Å². The number of nitrogens with one attached hydrogen (secondary N) is 1. The largest absolute Gasteiger partial charge is 0.465 e. The maximum absolute atomic E-state index is 14.4. The third-order valence-electron chi connectivity index (χ3n) is 4.82. The van der Waals surface area contributed by atoms with Crippen molar-refractivity contribution in [1.29, 1.82) is 0 Å². The Balaban J connectivity index is 1.94. The maximum atomic E-state index is 14.4. The van der Waals surface area contributed by atoms with Crippen LogP contribution in [0.3, 0.4) is 0 Å². The number of halogens is 1. The van der Waals surface area contributed by atoms with E-state index in [2.05, 4.69) is 14.8 Å². The van der Waals surface area contributed by atoms with Gasteiger partial charge in [0.1, 0.15) is 5.82 Å². The monoisotopic (exact) mass is 480 g/mol. The molecule has 0 saturated carbocycles. The molecule has 12 heteroatoms. The number of hydrogen-bond acceptors (Lipinski definition) is 8. The molecular formula is C21H21FN2O8S. The molecule has 1 amide bonds. The molecule has 33 heavy (non-hydrogen) atoms. The maximum Gasteiger partial charge on any atom is 0.337 e. The molecule has 2 aromatic carbocycles. The predicted molar refractivity (Wildman–Crippen MR) is 113 cm³/mol. The number of anilines is 1. The van der Waals surface area contributed by atoms with Crippen LogP contribution >= 0.6 is 0 Å². The standard InChI is InChI=1S/C21H21FN2O8S/c1-30-20(26)13-9-14(21(27)31-2)11-15(10-13)23-19(25)17-12-16(3-4-18(17)22)33(28,29)24-5-7-32-8-6-24/h3-4,9-12H,5-8H2,1-2H3,(H,23,25). The van der Waals surface area contributed by atoms with Gasteiger partial charge in [-0.3, -0.25) is 4.79 Å². The molecule has 1 aliphatic rings. The van der Waals surface area contributed by atoms with Gasteiger partial charge in [0.15, 0.2) is 0 Å². The van der Waals surface area contributed by atoms with E-state index < -0.39 is 39.2 Å². The summed E-state index contributed by atoms with van der Waals surface area (Å²) in [6, 6.07) is 6.55. The number of carbonyl (C=O) groups excluding carboxylic acids is 3. The number of ether oxygens (including phenoxy) is 3. The Morgan fingerprint density at radius 2 is 1.55 bits per heavy atom. The molecule has 0 atom stereocenters. The SMILES string of the molecule is COC(=O)c1cc(NC(=O)c2cc(S(=O)(=O)N3CCOCC3)ccc2F)cc(C(=O)OC)c1. The normalized spacial score (nSPS) is 14.4. The number of amides is 1. The number of benzene rings is 2. The lowest BCUT2D eigenvalue weighted by atomic mass is 10.1. The smallest absolute Gasteiger partial charge is 0.337 e. The average molecular weight is 480 g/mol. The summed E-state index contributed by atoms with van der Waals surface area (Å²) in [5.41, 5.74) is -0.670. The second-order valence-electron chi connectivity index (χ2n) is 6.89. The summed E-state index contributed by atoms with van der Waals surface area (Å²) in [5.74, 6) is -3.49. The molecule has 1 heterocycles. The first-order valence-corrected chi connectivity index (χ1v) is 11.1. The van der Waals surface area contributed by atoms with Gasteiger partial charge in [-0.25, -0.2) is 22.4 Å². The molecule has 0 aromatic heterocycles. The number of carbonyl (C=O) groups is 3. The summed E-state index contributed by atoms with van der Waals surface area (Å²) in [5, 5.41) is 2.37. The van der Waals surface area contributed by atoms with Crippen molar-refractivity contribution >= 4 is 33.6 Å². The van der Waals surface area contributed by atoms with E-state index in [1.54, 1.807) is 0 Å². The van der Waals surface area contributed by atoms with Gasteiger partial charge in [-0.15, -0.1) is 0 Å². The molecule has 0 bridgehead atoms. The lowest BCUT2D eigenvalue weighted by Crippen LogP contribution is -2.40. The van der Waals surface area contributed by atoms with Crippen LogP contribution in [0.25, 0.3) is 0 Å². The first-order chi connectivity index (χ1) is 15.7. The van der Waals surface area contributed by atoms with E-state index in [9.17, 15) is 27.2 Å². The molecule has 0 unspecified atom stereocenters. The molecule has 3 rings (SSSR count). The van der Waals surface area contributed by atoms with E-state index in [1.165, 1.54) is 22.5 Å². The van der Waals surface area contributed by atoms with Crippen molar-refractivity contribution in [3.8, 4) is 0 Å². The Morgan fingerprint density at radius 1 is 0.970 bits per heavy atom. The summed E-state index contributed by atoms with van der Waals surface area (Å²) in [7, 11) is -1.69. The van der Waals surface area contributed by atoms with Crippen molar-refractivity contribution in [3.63, 3.8) is 0 Å². The van der Waals surface area contributed by atoms with Crippen LogP contribution in [0.2, 0.25) is 0 Å². The molecule has 0 spiro atoms. The van der Waals surface area contributed by atoms with Crippen LogP contribution in [0.5, 0.6) is 0 Å². The van der Waals surface area contributed by atoms with Crippen LogP contribution in [0.1, 0.15) is 31.1 Å². The van der Waals surface area contributed by atoms with Crippen molar-refractivity contribution in [1.82, 2.24) is 4.31 Å². The Kier molecular flexibility index (Phi) is 7.41. The molecule has 10 nitrogen and oxygen atoms in total. The van der Waals surface area contributed by atoms with Gasteiger partial charge in [0, 0.05) is 18.8 Å². The Bertz CT molecular complexity index is 1160. The van der Waals surface area contributed by atoms with E-state index in [-0.39, 0.29) is 48.0 Å². The molecule has 1 saturated heterocycles. The number of rotatable bonds is 6. The minimum Gasteiger partial charge on any atom is -0.465 e. The van der Waals surface area contributed by atoms with Gasteiger partial charge in [0.25, 0.3) is 5.91 Å². The highest BCUT2D eigenvalue weighted by Gasteiger charge is 2.28. The molecular weight excluding hydrogens is 459 g/mol. The third-order valence-corrected chi connectivity index (χ3v) is 6.72. The van der Waals surface area contributed by atoms with Gasteiger partial charge in [-0.05, 0) is 36.4 Å². The van der Waals surface area contributed by atoms with Gasteiger partial charge < -0.3 is 19.5 Å². The Labute approximate surface area is 189 Å². The van der Waals surface area contributed by atoms with Crippen LogP contribution in [-0.2, 0) is 24.2 Å².